The zero-order valence-electron chi connectivity index (χ0n) is 22.2. The largest absolute Gasteiger partial charge is 0.464 e. The maximum absolute atomic E-state index is 13.5. The van der Waals surface area contributed by atoms with Crippen LogP contribution in [0.5, 0.6) is 11.5 Å². The molecule has 0 fully saturated rings. The molecular weight excluding hydrogens is 456 g/mol. The quantitative estimate of drug-likeness (QED) is 0.257. The predicted octanol–water partition coefficient (Wildman–Crippen LogP) is 6.22. The number of ether oxygens (including phenoxy) is 2. The number of furan rings is 1. The number of hydrogen-bond donors (Lipinski definition) is 0. The van der Waals surface area contributed by atoms with E-state index in [4.69, 9.17) is 13.9 Å². The van der Waals surface area contributed by atoms with Gasteiger partial charge in [0.15, 0.2) is 11.5 Å². The van der Waals surface area contributed by atoms with Crippen LogP contribution in [0.3, 0.4) is 0 Å². The Morgan fingerprint density at radius 1 is 0.806 bits per heavy atom. The maximum Gasteiger partial charge on any atom is 0.242 e. The lowest BCUT2D eigenvalue weighted by atomic mass is 10.1. The minimum Gasteiger partial charge on any atom is -0.464 e. The molecule has 0 atom stereocenters. The normalized spacial score (nSPS) is 12.1. The van der Waals surface area contributed by atoms with Crippen molar-refractivity contribution in [2.45, 2.75) is 91.6 Å². The number of fused-ring (bicyclic) bond motifs is 1. The SMILES string of the molecule is CCCCCCCCCC(=O)N(CCC)CC(=O)N(Cc1ccc2c(c1)OCO2)Cc1ccc(C)o1. The van der Waals surface area contributed by atoms with Gasteiger partial charge in [0, 0.05) is 19.5 Å². The van der Waals surface area contributed by atoms with Gasteiger partial charge in [-0.1, -0.05) is 58.4 Å². The van der Waals surface area contributed by atoms with Gasteiger partial charge in [0.1, 0.15) is 11.5 Å². The molecule has 7 nitrogen and oxygen atoms in total. The second-order valence-corrected chi connectivity index (χ2v) is 9.64. The monoisotopic (exact) mass is 498 g/mol. The molecule has 0 saturated heterocycles. The summed E-state index contributed by atoms with van der Waals surface area (Å²) in [4.78, 5) is 29.9. The Labute approximate surface area is 215 Å². The van der Waals surface area contributed by atoms with Gasteiger partial charge in [0.05, 0.1) is 13.1 Å². The van der Waals surface area contributed by atoms with Gasteiger partial charge >= 0.3 is 0 Å². The summed E-state index contributed by atoms with van der Waals surface area (Å²) in [6.45, 7) is 7.74. The van der Waals surface area contributed by atoms with E-state index in [0.29, 0.717) is 37.6 Å². The number of carbonyl (C=O) groups excluding carboxylic acids is 2. The fourth-order valence-electron chi connectivity index (χ4n) is 4.47. The molecule has 3 rings (SSSR count). The van der Waals surface area contributed by atoms with Crippen molar-refractivity contribution in [1.82, 2.24) is 9.80 Å². The molecule has 198 valence electrons. The van der Waals surface area contributed by atoms with E-state index in [-0.39, 0.29) is 25.2 Å². The molecule has 7 heteroatoms. The van der Waals surface area contributed by atoms with Crippen molar-refractivity contribution < 1.29 is 23.5 Å². The van der Waals surface area contributed by atoms with Crippen LogP contribution in [0.15, 0.2) is 34.7 Å². The highest BCUT2D eigenvalue weighted by molar-refractivity contribution is 5.84. The number of carbonyl (C=O) groups is 2. The summed E-state index contributed by atoms with van der Waals surface area (Å²) in [5, 5.41) is 0. The zero-order valence-corrected chi connectivity index (χ0v) is 22.2. The first-order valence-corrected chi connectivity index (χ1v) is 13.5. The molecule has 2 heterocycles. The van der Waals surface area contributed by atoms with Crippen LogP contribution in [0, 0.1) is 6.92 Å². The van der Waals surface area contributed by atoms with Crippen LogP contribution < -0.4 is 9.47 Å². The molecule has 1 aromatic heterocycles. The van der Waals surface area contributed by atoms with Gasteiger partial charge in [0.2, 0.25) is 18.6 Å². The number of amides is 2. The summed E-state index contributed by atoms with van der Waals surface area (Å²) in [6.07, 6.45) is 9.47. The van der Waals surface area contributed by atoms with E-state index in [1.165, 1.54) is 32.1 Å². The van der Waals surface area contributed by atoms with Crippen molar-refractivity contribution in [1.29, 1.82) is 0 Å². The standard InChI is InChI=1S/C29H42N2O5/c1-4-6-7-8-9-10-11-12-28(32)30(17-5-2)21-29(33)31(20-25-15-13-23(3)36-25)19-24-14-16-26-27(18-24)35-22-34-26/h13-16,18H,4-12,17,19-22H2,1-3H3. The fraction of sp³-hybridized carbons (Fsp3) is 0.586. The van der Waals surface area contributed by atoms with Gasteiger partial charge in [-0.2, -0.15) is 0 Å². The summed E-state index contributed by atoms with van der Waals surface area (Å²) >= 11 is 0. The molecule has 1 aliphatic heterocycles. The first-order chi connectivity index (χ1) is 17.5. The van der Waals surface area contributed by atoms with Gasteiger partial charge < -0.3 is 23.7 Å². The number of nitrogens with zero attached hydrogens (tertiary/aromatic N) is 2. The van der Waals surface area contributed by atoms with Crippen LogP contribution in [-0.4, -0.2) is 41.5 Å². The number of rotatable bonds is 16. The molecule has 1 aliphatic rings. The van der Waals surface area contributed by atoms with Gasteiger partial charge in [-0.25, -0.2) is 0 Å². The van der Waals surface area contributed by atoms with Crippen molar-refractivity contribution >= 4 is 11.8 Å². The number of aryl methyl sites for hydroxylation is 1. The summed E-state index contributed by atoms with van der Waals surface area (Å²) in [6, 6.07) is 9.51. The Bertz CT molecular complexity index is 970. The minimum absolute atomic E-state index is 0.0654. The summed E-state index contributed by atoms with van der Waals surface area (Å²) in [5.41, 5.74) is 0.937. The van der Waals surface area contributed by atoms with E-state index in [2.05, 4.69) is 6.92 Å². The molecule has 1 aromatic carbocycles. The smallest absolute Gasteiger partial charge is 0.242 e. The zero-order chi connectivity index (χ0) is 25.8. The second kappa shape index (κ2) is 14.6. The molecule has 0 spiro atoms. The maximum atomic E-state index is 13.5. The highest BCUT2D eigenvalue weighted by Gasteiger charge is 2.23. The molecule has 0 bridgehead atoms. The lowest BCUT2D eigenvalue weighted by Gasteiger charge is -2.27. The molecule has 0 N–H and O–H groups in total. The van der Waals surface area contributed by atoms with Gasteiger partial charge in [-0.15, -0.1) is 0 Å². The number of hydrogen-bond acceptors (Lipinski definition) is 5. The molecule has 0 saturated carbocycles. The fourth-order valence-corrected chi connectivity index (χ4v) is 4.47. The van der Waals surface area contributed by atoms with E-state index in [1.54, 1.807) is 9.80 Å². The lowest BCUT2D eigenvalue weighted by molar-refractivity contribution is -0.141. The van der Waals surface area contributed by atoms with Crippen molar-refractivity contribution in [3.63, 3.8) is 0 Å². The predicted molar refractivity (Wildman–Crippen MR) is 140 cm³/mol. The summed E-state index contributed by atoms with van der Waals surface area (Å²) in [7, 11) is 0. The van der Waals surface area contributed by atoms with Gasteiger partial charge in [0.25, 0.3) is 0 Å². The molecular formula is C29H42N2O5. The molecule has 0 aliphatic carbocycles. The van der Waals surface area contributed by atoms with Crippen molar-refractivity contribution in [3.05, 3.63) is 47.4 Å². The number of unbranched alkanes of at least 4 members (excludes halogenated alkanes) is 6. The van der Waals surface area contributed by atoms with E-state index in [9.17, 15) is 9.59 Å². The van der Waals surface area contributed by atoms with Crippen LogP contribution in [0.2, 0.25) is 0 Å². The Hall–Kier alpha value is -2.96. The minimum atomic E-state index is -0.0944. The van der Waals surface area contributed by atoms with Gasteiger partial charge in [-0.3, -0.25) is 9.59 Å². The Morgan fingerprint density at radius 3 is 2.28 bits per heavy atom. The highest BCUT2D eigenvalue weighted by Crippen LogP contribution is 2.33. The first kappa shape index (κ1) is 27.6. The van der Waals surface area contributed by atoms with E-state index in [1.807, 2.05) is 44.2 Å². The van der Waals surface area contributed by atoms with Crippen LogP contribution in [0.4, 0.5) is 0 Å². The Balaban J connectivity index is 1.61. The summed E-state index contributed by atoms with van der Waals surface area (Å²) < 4.78 is 16.7. The molecule has 2 amide bonds. The number of benzene rings is 1. The van der Waals surface area contributed by atoms with Crippen LogP contribution in [0.25, 0.3) is 0 Å². The average Bonchev–Trinajstić information content (AvgIpc) is 3.50. The third kappa shape index (κ3) is 8.61. The van der Waals surface area contributed by atoms with Gasteiger partial charge in [-0.05, 0) is 49.6 Å². The third-order valence-electron chi connectivity index (χ3n) is 6.47. The molecule has 0 unspecified atom stereocenters. The van der Waals surface area contributed by atoms with Crippen molar-refractivity contribution in [2.24, 2.45) is 0 Å². The third-order valence-corrected chi connectivity index (χ3v) is 6.47. The molecule has 0 radical (unpaired) electrons. The second-order valence-electron chi connectivity index (χ2n) is 9.64. The Kier molecular flexibility index (Phi) is 11.2. The van der Waals surface area contributed by atoms with Crippen molar-refractivity contribution in [2.75, 3.05) is 19.9 Å². The lowest BCUT2D eigenvalue weighted by Crippen LogP contribution is -2.42. The van der Waals surface area contributed by atoms with Crippen LogP contribution >= 0.6 is 0 Å². The Morgan fingerprint density at radius 2 is 1.56 bits per heavy atom. The van der Waals surface area contributed by atoms with Crippen molar-refractivity contribution in [3.8, 4) is 11.5 Å². The average molecular weight is 499 g/mol. The van der Waals surface area contributed by atoms with E-state index in [0.717, 1.165) is 36.3 Å². The first-order valence-electron chi connectivity index (χ1n) is 13.5. The summed E-state index contributed by atoms with van der Waals surface area (Å²) in [5.74, 6) is 2.89. The molecule has 36 heavy (non-hydrogen) atoms. The van der Waals surface area contributed by atoms with Crippen LogP contribution in [0.1, 0.15) is 88.7 Å². The van der Waals surface area contributed by atoms with E-state index < -0.39 is 0 Å². The molecule has 2 aromatic rings. The highest BCUT2D eigenvalue weighted by atomic mass is 16.7. The topological polar surface area (TPSA) is 72.2 Å². The van der Waals surface area contributed by atoms with Crippen LogP contribution in [-0.2, 0) is 22.7 Å². The van der Waals surface area contributed by atoms with E-state index >= 15 is 0 Å².